The Kier molecular flexibility index (Phi) is 6.19. The lowest BCUT2D eigenvalue weighted by molar-refractivity contribution is 0.256. The maximum absolute atomic E-state index is 6.88. The molecule has 2 aromatic rings. The third-order valence-electron chi connectivity index (χ3n) is 4.79. The predicted octanol–water partition coefficient (Wildman–Crippen LogP) is 4.78. The molecule has 2 aromatic carbocycles. The lowest BCUT2D eigenvalue weighted by Crippen LogP contribution is -2.66. The summed E-state index contributed by atoms with van der Waals surface area (Å²) in [5.74, 6) is 0.395. The fourth-order valence-electron chi connectivity index (χ4n) is 3.35. The monoisotopic (exact) mass is 338 g/mol. The van der Waals surface area contributed by atoms with Gasteiger partial charge in [-0.3, -0.25) is 0 Å². The molecular weight excluding hydrogens is 308 g/mol. The lowest BCUT2D eigenvalue weighted by Gasteiger charge is -2.43. The molecule has 0 amide bonds. The molecule has 0 fully saturated rings. The van der Waals surface area contributed by atoms with Gasteiger partial charge in [-0.1, -0.05) is 94.4 Å². The first-order chi connectivity index (χ1) is 11.5. The van der Waals surface area contributed by atoms with Crippen molar-refractivity contribution in [1.82, 2.24) is 0 Å². The summed E-state index contributed by atoms with van der Waals surface area (Å²) in [6.45, 7) is 13.8. The van der Waals surface area contributed by atoms with Crippen LogP contribution in [0.4, 0.5) is 0 Å². The molecule has 0 saturated heterocycles. The van der Waals surface area contributed by atoms with Crippen LogP contribution >= 0.6 is 0 Å². The van der Waals surface area contributed by atoms with Gasteiger partial charge in [0.2, 0.25) is 0 Å². The number of benzene rings is 2. The molecule has 2 heteroatoms. The van der Waals surface area contributed by atoms with Gasteiger partial charge in [-0.25, -0.2) is 0 Å². The second-order valence-electron chi connectivity index (χ2n) is 7.38. The van der Waals surface area contributed by atoms with Crippen LogP contribution in [0.2, 0.25) is 5.04 Å². The topological polar surface area (TPSA) is 9.23 Å². The smallest absolute Gasteiger partial charge is 0.261 e. The summed E-state index contributed by atoms with van der Waals surface area (Å²) in [5.41, 5.74) is 0. The van der Waals surface area contributed by atoms with E-state index in [4.69, 9.17) is 4.43 Å². The Morgan fingerprint density at radius 1 is 0.958 bits per heavy atom. The average molecular weight is 339 g/mol. The van der Waals surface area contributed by atoms with E-state index in [0.29, 0.717) is 5.92 Å². The molecule has 0 aliphatic heterocycles. The first kappa shape index (κ1) is 18.7. The van der Waals surface area contributed by atoms with Crippen LogP contribution in [-0.4, -0.2) is 14.9 Å². The highest BCUT2D eigenvalue weighted by atomic mass is 28.4. The Labute approximate surface area is 148 Å². The van der Waals surface area contributed by atoms with E-state index in [1.54, 1.807) is 0 Å². The zero-order valence-electron chi connectivity index (χ0n) is 15.5. The van der Waals surface area contributed by atoms with Crippen molar-refractivity contribution in [3.8, 4) is 0 Å². The minimum atomic E-state index is -2.39. The minimum Gasteiger partial charge on any atom is -0.407 e. The van der Waals surface area contributed by atoms with Crippen molar-refractivity contribution in [2.75, 3.05) is 6.61 Å². The zero-order valence-corrected chi connectivity index (χ0v) is 16.5. The molecule has 0 spiro atoms. The second-order valence-corrected chi connectivity index (χ2v) is 11.7. The van der Waals surface area contributed by atoms with Gasteiger partial charge >= 0.3 is 0 Å². The van der Waals surface area contributed by atoms with E-state index in [-0.39, 0.29) is 5.04 Å². The average Bonchev–Trinajstić information content (AvgIpc) is 2.59. The van der Waals surface area contributed by atoms with E-state index in [0.717, 1.165) is 13.0 Å². The van der Waals surface area contributed by atoms with Gasteiger partial charge in [-0.05, 0) is 27.8 Å². The Hall–Kier alpha value is -1.64. The third-order valence-corrected chi connectivity index (χ3v) is 9.79. The zero-order chi connectivity index (χ0) is 17.6. The number of rotatable bonds is 7. The fourth-order valence-corrected chi connectivity index (χ4v) is 7.97. The molecule has 0 heterocycles. The molecule has 0 radical (unpaired) electrons. The summed E-state index contributed by atoms with van der Waals surface area (Å²) in [4.78, 5) is 0. The van der Waals surface area contributed by atoms with E-state index in [9.17, 15) is 0 Å². The Bertz CT molecular complexity index is 589. The van der Waals surface area contributed by atoms with Crippen LogP contribution in [0.15, 0.2) is 73.3 Å². The van der Waals surface area contributed by atoms with E-state index in [1.807, 2.05) is 6.08 Å². The second kappa shape index (κ2) is 7.95. The predicted molar refractivity (Wildman–Crippen MR) is 108 cm³/mol. The van der Waals surface area contributed by atoms with Crippen molar-refractivity contribution in [2.45, 2.75) is 39.2 Å². The molecule has 128 valence electrons. The summed E-state index contributed by atoms with van der Waals surface area (Å²) >= 11 is 0. The van der Waals surface area contributed by atoms with Gasteiger partial charge in [0.15, 0.2) is 0 Å². The summed E-state index contributed by atoms with van der Waals surface area (Å²) in [5, 5.41) is 2.71. The van der Waals surface area contributed by atoms with Crippen LogP contribution in [-0.2, 0) is 4.43 Å². The standard InChI is InChI=1S/C22H30OSi/c1-6-19(7-2)18-23-24(22(3,4)5,20-14-10-8-11-15-20)21-16-12-9-13-17-21/h6,8-17,19H,1,7,18H2,2-5H3/t19-/m1/s1. The van der Waals surface area contributed by atoms with Gasteiger partial charge in [-0.2, -0.15) is 0 Å². The van der Waals surface area contributed by atoms with Crippen LogP contribution in [0.1, 0.15) is 34.1 Å². The van der Waals surface area contributed by atoms with Gasteiger partial charge < -0.3 is 4.43 Å². The van der Waals surface area contributed by atoms with E-state index in [1.165, 1.54) is 10.4 Å². The molecule has 0 aromatic heterocycles. The molecular formula is C22H30OSi. The van der Waals surface area contributed by atoms with Gasteiger partial charge in [0, 0.05) is 6.61 Å². The first-order valence-corrected chi connectivity index (χ1v) is 10.7. The van der Waals surface area contributed by atoms with Crippen molar-refractivity contribution in [1.29, 1.82) is 0 Å². The number of hydrogen-bond donors (Lipinski definition) is 0. The molecule has 1 atom stereocenters. The van der Waals surface area contributed by atoms with Crippen LogP contribution in [0, 0.1) is 5.92 Å². The van der Waals surface area contributed by atoms with Gasteiger partial charge in [0.25, 0.3) is 8.32 Å². The molecule has 2 rings (SSSR count). The van der Waals surface area contributed by atoms with Crippen molar-refractivity contribution in [3.63, 3.8) is 0 Å². The molecule has 0 saturated carbocycles. The van der Waals surface area contributed by atoms with Crippen LogP contribution in [0.25, 0.3) is 0 Å². The highest BCUT2D eigenvalue weighted by molar-refractivity contribution is 6.99. The van der Waals surface area contributed by atoms with Crippen molar-refractivity contribution >= 4 is 18.7 Å². The first-order valence-electron chi connectivity index (χ1n) is 8.83. The molecule has 24 heavy (non-hydrogen) atoms. The normalized spacial score (nSPS) is 13.5. The Balaban J connectivity index is 2.59. The molecule has 0 unspecified atom stereocenters. The fraction of sp³-hybridized carbons (Fsp3) is 0.364. The maximum atomic E-state index is 6.88. The molecule has 1 nitrogen and oxygen atoms in total. The SMILES string of the molecule is C=C[C@H](CC)CO[Si](c1ccccc1)(c1ccccc1)C(C)(C)C. The van der Waals surface area contributed by atoms with E-state index < -0.39 is 8.32 Å². The van der Waals surface area contributed by atoms with Crippen LogP contribution in [0.3, 0.4) is 0 Å². The Morgan fingerprint density at radius 3 is 1.75 bits per heavy atom. The van der Waals surface area contributed by atoms with Gasteiger partial charge in [-0.15, -0.1) is 6.58 Å². The number of hydrogen-bond acceptors (Lipinski definition) is 1. The quantitative estimate of drug-likeness (QED) is 0.522. The minimum absolute atomic E-state index is 0.0369. The summed E-state index contributed by atoms with van der Waals surface area (Å²) in [6.07, 6.45) is 3.08. The summed E-state index contributed by atoms with van der Waals surface area (Å²) in [7, 11) is -2.39. The highest BCUT2D eigenvalue weighted by Gasteiger charge is 2.50. The van der Waals surface area contributed by atoms with Gasteiger partial charge in [0.05, 0.1) is 0 Å². The third kappa shape index (κ3) is 3.71. The molecule has 0 bridgehead atoms. The van der Waals surface area contributed by atoms with Crippen molar-refractivity contribution in [2.24, 2.45) is 5.92 Å². The summed E-state index contributed by atoms with van der Waals surface area (Å²) < 4.78 is 6.88. The maximum Gasteiger partial charge on any atom is 0.261 e. The Morgan fingerprint density at radius 2 is 1.42 bits per heavy atom. The van der Waals surface area contributed by atoms with E-state index in [2.05, 4.69) is 94.9 Å². The lowest BCUT2D eigenvalue weighted by atomic mass is 10.1. The van der Waals surface area contributed by atoms with E-state index >= 15 is 0 Å². The largest absolute Gasteiger partial charge is 0.407 e. The van der Waals surface area contributed by atoms with Crippen molar-refractivity contribution in [3.05, 3.63) is 73.3 Å². The molecule has 0 aliphatic carbocycles. The highest BCUT2D eigenvalue weighted by Crippen LogP contribution is 2.37. The van der Waals surface area contributed by atoms with Gasteiger partial charge in [0.1, 0.15) is 0 Å². The van der Waals surface area contributed by atoms with Crippen LogP contribution < -0.4 is 10.4 Å². The van der Waals surface area contributed by atoms with Crippen molar-refractivity contribution < 1.29 is 4.43 Å². The van der Waals surface area contributed by atoms with Crippen LogP contribution in [0.5, 0.6) is 0 Å². The summed E-state index contributed by atoms with van der Waals surface area (Å²) in [6, 6.07) is 21.6. The molecule has 0 N–H and O–H groups in total. The molecule has 0 aliphatic rings.